The second kappa shape index (κ2) is 4.68. The molecule has 0 fully saturated rings. The van der Waals surface area contributed by atoms with E-state index in [9.17, 15) is 13.5 Å². The second-order valence-corrected chi connectivity index (χ2v) is 5.78. The van der Waals surface area contributed by atoms with Crippen molar-refractivity contribution in [2.45, 2.75) is 18.7 Å². The average molecular weight is 278 g/mol. The first kappa shape index (κ1) is 13.6. The molecule has 0 aromatic heterocycles. The molecule has 0 aliphatic carbocycles. The number of hydrogen-bond acceptors (Lipinski definition) is 3. The molecular formula is C14H14O4S. The molecule has 2 N–H and O–H groups in total. The SMILES string of the molecule is Cc1ccccc1-c1c(C)ccc(S(=O)(=O)O)c1O. The van der Waals surface area contributed by atoms with Crippen LogP contribution in [0, 0.1) is 13.8 Å². The Kier molecular flexibility index (Phi) is 3.34. The summed E-state index contributed by atoms with van der Waals surface area (Å²) in [5.41, 5.74) is 2.81. The molecule has 0 saturated heterocycles. The lowest BCUT2D eigenvalue weighted by Crippen LogP contribution is -2.00. The van der Waals surface area contributed by atoms with Crippen LogP contribution in [-0.4, -0.2) is 18.1 Å². The minimum absolute atomic E-state index is 0.420. The van der Waals surface area contributed by atoms with Gasteiger partial charge in [0, 0.05) is 5.56 Å². The Morgan fingerprint density at radius 2 is 1.58 bits per heavy atom. The number of benzene rings is 2. The van der Waals surface area contributed by atoms with E-state index in [-0.39, 0.29) is 0 Å². The van der Waals surface area contributed by atoms with Gasteiger partial charge in [-0.3, -0.25) is 4.55 Å². The minimum atomic E-state index is -4.44. The van der Waals surface area contributed by atoms with Crippen molar-refractivity contribution in [1.29, 1.82) is 0 Å². The quantitative estimate of drug-likeness (QED) is 0.828. The van der Waals surface area contributed by atoms with Gasteiger partial charge in [-0.15, -0.1) is 0 Å². The zero-order valence-electron chi connectivity index (χ0n) is 10.6. The van der Waals surface area contributed by atoms with Crippen molar-refractivity contribution >= 4 is 10.1 Å². The van der Waals surface area contributed by atoms with Crippen molar-refractivity contribution in [2.75, 3.05) is 0 Å². The summed E-state index contributed by atoms with van der Waals surface area (Å²) in [6.07, 6.45) is 0. The molecule has 4 nitrogen and oxygen atoms in total. The van der Waals surface area contributed by atoms with Crippen LogP contribution in [0.15, 0.2) is 41.3 Å². The standard InChI is InChI=1S/C14H14O4S/c1-9-5-3-4-6-11(9)13-10(2)7-8-12(14(13)15)19(16,17)18/h3-8,15H,1-2H3,(H,16,17,18). The van der Waals surface area contributed by atoms with Crippen molar-refractivity contribution in [1.82, 2.24) is 0 Å². The number of phenols is 1. The Balaban J connectivity index is 2.82. The van der Waals surface area contributed by atoms with Gasteiger partial charge in [0.15, 0.2) is 0 Å². The maximum absolute atomic E-state index is 11.2. The van der Waals surface area contributed by atoms with Crippen LogP contribution in [0.3, 0.4) is 0 Å². The zero-order valence-corrected chi connectivity index (χ0v) is 11.4. The molecule has 0 saturated carbocycles. The van der Waals surface area contributed by atoms with Crippen LogP contribution in [0.4, 0.5) is 0 Å². The second-order valence-electron chi connectivity index (χ2n) is 4.39. The van der Waals surface area contributed by atoms with Gasteiger partial charge >= 0.3 is 0 Å². The number of aromatic hydroxyl groups is 1. The van der Waals surface area contributed by atoms with Gasteiger partial charge < -0.3 is 5.11 Å². The Hall–Kier alpha value is -1.85. The fourth-order valence-electron chi connectivity index (χ4n) is 2.07. The highest BCUT2D eigenvalue weighted by atomic mass is 32.2. The van der Waals surface area contributed by atoms with Gasteiger partial charge in [0.1, 0.15) is 10.6 Å². The van der Waals surface area contributed by atoms with Crippen LogP contribution >= 0.6 is 0 Å². The Bertz CT molecular complexity index is 733. The van der Waals surface area contributed by atoms with Crippen molar-refractivity contribution in [3.05, 3.63) is 47.5 Å². The summed E-state index contributed by atoms with van der Waals surface area (Å²) in [5, 5.41) is 10.1. The highest BCUT2D eigenvalue weighted by Gasteiger charge is 2.21. The zero-order chi connectivity index (χ0) is 14.2. The summed E-state index contributed by atoms with van der Waals surface area (Å²) in [5.74, 6) is -0.420. The molecule has 2 aromatic rings. The molecule has 0 atom stereocenters. The predicted octanol–water partition coefficient (Wildman–Crippen LogP) is 2.92. The fourth-order valence-corrected chi connectivity index (χ4v) is 2.66. The molecule has 5 heteroatoms. The lowest BCUT2D eigenvalue weighted by Gasteiger charge is -2.13. The molecule has 0 aliphatic rings. The molecule has 0 heterocycles. The lowest BCUT2D eigenvalue weighted by molar-refractivity contribution is 0.444. The van der Waals surface area contributed by atoms with Gasteiger partial charge in [0.2, 0.25) is 0 Å². The van der Waals surface area contributed by atoms with Crippen LogP contribution in [-0.2, 0) is 10.1 Å². The first-order valence-corrected chi connectivity index (χ1v) is 7.12. The fraction of sp³-hybridized carbons (Fsp3) is 0.143. The van der Waals surface area contributed by atoms with E-state index >= 15 is 0 Å². The van der Waals surface area contributed by atoms with Crippen LogP contribution in [0.1, 0.15) is 11.1 Å². The molecular weight excluding hydrogens is 264 g/mol. The summed E-state index contributed by atoms with van der Waals surface area (Å²) in [6.45, 7) is 3.64. The largest absolute Gasteiger partial charge is 0.506 e. The van der Waals surface area contributed by atoms with Gasteiger partial charge in [-0.1, -0.05) is 30.3 Å². The normalized spacial score (nSPS) is 11.5. The summed E-state index contributed by atoms with van der Waals surface area (Å²) in [4.78, 5) is -0.476. The lowest BCUT2D eigenvalue weighted by atomic mass is 9.96. The van der Waals surface area contributed by atoms with E-state index in [0.717, 1.165) is 16.7 Å². The first-order chi connectivity index (χ1) is 8.82. The molecule has 100 valence electrons. The van der Waals surface area contributed by atoms with E-state index in [0.29, 0.717) is 5.56 Å². The third-order valence-electron chi connectivity index (χ3n) is 3.04. The maximum Gasteiger partial charge on any atom is 0.298 e. The summed E-state index contributed by atoms with van der Waals surface area (Å²) >= 11 is 0. The van der Waals surface area contributed by atoms with E-state index < -0.39 is 20.8 Å². The van der Waals surface area contributed by atoms with Gasteiger partial charge in [-0.2, -0.15) is 8.42 Å². The van der Waals surface area contributed by atoms with E-state index in [2.05, 4.69) is 0 Å². The Morgan fingerprint density at radius 1 is 0.947 bits per heavy atom. The summed E-state index contributed by atoms with van der Waals surface area (Å²) in [6, 6.07) is 10.1. The molecule has 2 rings (SSSR count). The number of rotatable bonds is 2. The molecule has 0 spiro atoms. The van der Waals surface area contributed by atoms with E-state index in [4.69, 9.17) is 4.55 Å². The third kappa shape index (κ3) is 2.47. The number of hydrogen-bond donors (Lipinski definition) is 2. The van der Waals surface area contributed by atoms with E-state index in [1.807, 2.05) is 19.1 Å². The Morgan fingerprint density at radius 3 is 2.16 bits per heavy atom. The third-order valence-corrected chi connectivity index (χ3v) is 3.93. The van der Waals surface area contributed by atoms with E-state index in [1.165, 1.54) is 6.07 Å². The maximum atomic E-state index is 11.2. The van der Waals surface area contributed by atoms with Crippen molar-refractivity contribution in [2.24, 2.45) is 0 Å². The predicted molar refractivity (Wildman–Crippen MR) is 72.8 cm³/mol. The molecule has 0 radical (unpaired) electrons. The van der Waals surface area contributed by atoms with Gasteiger partial charge in [0.25, 0.3) is 10.1 Å². The average Bonchev–Trinajstić information content (AvgIpc) is 2.29. The van der Waals surface area contributed by atoms with Crippen molar-refractivity contribution in [3.63, 3.8) is 0 Å². The summed E-state index contributed by atoms with van der Waals surface area (Å²) < 4.78 is 31.6. The molecule has 2 aromatic carbocycles. The molecule has 19 heavy (non-hydrogen) atoms. The number of phenolic OH excluding ortho intramolecular Hbond substituents is 1. The minimum Gasteiger partial charge on any atom is -0.506 e. The summed E-state index contributed by atoms with van der Waals surface area (Å²) in [7, 11) is -4.44. The highest BCUT2D eigenvalue weighted by molar-refractivity contribution is 7.86. The smallest absolute Gasteiger partial charge is 0.298 e. The van der Waals surface area contributed by atoms with Gasteiger partial charge in [-0.25, -0.2) is 0 Å². The molecule has 0 amide bonds. The van der Waals surface area contributed by atoms with Crippen molar-refractivity contribution in [3.8, 4) is 16.9 Å². The van der Waals surface area contributed by atoms with E-state index in [1.54, 1.807) is 25.1 Å². The monoisotopic (exact) mass is 278 g/mol. The molecule has 0 unspecified atom stereocenters. The van der Waals surface area contributed by atoms with Gasteiger partial charge in [-0.05, 0) is 36.6 Å². The van der Waals surface area contributed by atoms with Gasteiger partial charge in [0.05, 0.1) is 0 Å². The topological polar surface area (TPSA) is 74.6 Å². The molecule has 0 aliphatic heterocycles. The molecule has 0 bridgehead atoms. The first-order valence-electron chi connectivity index (χ1n) is 5.68. The Labute approximate surface area is 112 Å². The van der Waals surface area contributed by atoms with Crippen molar-refractivity contribution < 1.29 is 18.1 Å². The number of aryl methyl sites for hydroxylation is 2. The van der Waals surface area contributed by atoms with Crippen LogP contribution in [0.2, 0.25) is 0 Å². The van der Waals surface area contributed by atoms with Crippen LogP contribution in [0.25, 0.3) is 11.1 Å². The van der Waals surface area contributed by atoms with Crippen LogP contribution < -0.4 is 0 Å². The highest BCUT2D eigenvalue weighted by Crippen LogP contribution is 2.38. The van der Waals surface area contributed by atoms with Crippen LogP contribution in [0.5, 0.6) is 5.75 Å².